The van der Waals surface area contributed by atoms with E-state index in [-0.39, 0.29) is 0 Å². The molecule has 0 fully saturated rings. The molecule has 0 atom stereocenters. The van der Waals surface area contributed by atoms with E-state index in [9.17, 15) is 0 Å². The number of nitrogens with one attached hydrogen (secondary N) is 1. The molecule has 0 aliphatic rings. The number of halogens is 1. The Labute approximate surface area is 130 Å². The van der Waals surface area contributed by atoms with Crippen molar-refractivity contribution >= 4 is 32.5 Å². The molecule has 0 amide bonds. The van der Waals surface area contributed by atoms with Crippen molar-refractivity contribution in [3.63, 3.8) is 0 Å². The topological polar surface area (TPSA) is 24.9 Å². The van der Waals surface area contributed by atoms with E-state index in [0.29, 0.717) is 5.92 Å². The van der Waals surface area contributed by atoms with Crippen molar-refractivity contribution in [2.24, 2.45) is 0 Å². The Kier molecular flexibility index (Phi) is 4.69. The molecule has 1 aromatic carbocycles. The van der Waals surface area contributed by atoms with Gasteiger partial charge in [-0.2, -0.15) is 0 Å². The maximum absolute atomic E-state index is 4.86. The van der Waals surface area contributed by atoms with Crippen molar-refractivity contribution in [1.82, 2.24) is 4.98 Å². The summed E-state index contributed by atoms with van der Waals surface area (Å²) in [5.41, 5.74) is 6.03. The molecule has 2 nitrogen and oxygen atoms in total. The van der Waals surface area contributed by atoms with Crippen LogP contribution in [0.5, 0.6) is 0 Å². The fraction of sp³-hybridized carbons (Fsp3) is 0.471. The molecular weight excluding hydrogens is 312 g/mol. The van der Waals surface area contributed by atoms with Crippen LogP contribution >= 0.6 is 15.9 Å². The van der Waals surface area contributed by atoms with Gasteiger partial charge in [-0.05, 0) is 43.4 Å². The van der Waals surface area contributed by atoms with Gasteiger partial charge in [0, 0.05) is 22.1 Å². The Bertz CT molecular complexity index is 633. The molecule has 0 saturated carbocycles. The van der Waals surface area contributed by atoms with Gasteiger partial charge in [0.15, 0.2) is 0 Å². The number of anilines is 1. The van der Waals surface area contributed by atoms with Gasteiger partial charge < -0.3 is 5.32 Å². The number of aromatic nitrogens is 1. The van der Waals surface area contributed by atoms with Gasteiger partial charge >= 0.3 is 0 Å². The summed E-state index contributed by atoms with van der Waals surface area (Å²) in [5.74, 6) is 0.457. The second-order valence-corrected chi connectivity index (χ2v) is 6.51. The van der Waals surface area contributed by atoms with Crippen LogP contribution in [0.1, 0.15) is 49.9 Å². The third-order valence-corrected chi connectivity index (χ3v) is 4.31. The molecule has 3 heteroatoms. The smallest absolute Gasteiger partial charge is 0.0766 e. The van der Waals surface area contributed by atoms with Gasteiger partial charge in [-0.1, -0.05) is 42.8 Å². The van der Waals surface area contributed by atoms with Crippen molar-refractivity contribution < 1.29 is 0 Å². The first-order valence-electron chi connectivity index (χ1n) is 7.30. The van der Waals surface area contributed by atoms with Crippen LogP contribution in [-0.2, 0) is 0 Å². The second kappa shape index (κ2) is 6.13. The van der Waals surface area contributed by atoms with Crippen molar-refractivity contribution in [2.75, 3.05) is 11.9 Å². The van der Waals surface area contributed by atoms with Crippen molar-refractivity contribution in [1.29, 1.82) is 0 Å². The van der Waals surface area contributed by atoms with E-state index in [0.717, 1.165) is 28.6 Å². The molecule has 20 heavy (non-hydrogen) atoms. The number of aryl methyl sites for hydroxylation is 2. The van der Waals surface area contributed by atoms with Gasteiger partial charge in [0.2, 0.25) is 0 Å². The first-order chi connectivity index (χ1) is 9.47. The lowest BCUT2D eigenvalue weighted by atomic mass is 9.95. The fourth-order valence-corrected chi connectivity index (χ4v) is 3.25. The lowest BCUT2D eigenvalue weighted by Crippen LogP contribution is -2.08. The average molecular weight is 335 g/mol. The molecule has 1 heterocycles. The summed E-state index contributed by atoms with van der Waals surface area (Å²) in [5, 5.41) is 4.84. The highest BCUT2D eigenvalue weighted by atomic mass is 79.9. The zero-order chi connectivity index (χ0) is 14.9. The van der Waals surface area contributed by atoms with Crippen LogP contribution < -0.4 is 5.32 Å². The van der Waals surface area contributed by atoms with E-state index in [1.54, 1.807) is 0 Å². The number of hydrogen-bond donors (Lipinski definition) is 1. The van der Waals surface area contributed by atoms with E-state index in [1.165, 1.54) is 22.2 Å². The minimum absolute atomic E-state index is 0.457. The first-order valence-corrected chi connectivity index (χ1v) is 8.09. The van der Waals surface area contributed by atoms with Crippen LogP contribution in [0.4, 0.5) is 5.69 Å². The molecule has 1 N–H and O–H groups in total. The van der Waals surface area contributed by atoms with E-state index in [1.807, 2.05) is 0 Å². The summed E-state index contributed by atoms with van der Waals surface area (Å²) in [6.45, 7) is 11.9. The molecule has 0 radical (unpaired) electrons. The SMILES string of the molecule is CCCNc1c(C(C)C)c(C)nc2c(C)ccc(Br)c12. The minimum Gasteiger partial charge on any atom is -0.384 e. The predicted octanol–water partition coefficient (Wildman–Crippen LogP) is 5.56. The lowest BCUT2D eigenvalue weighted by Gasteiger charge is -2.20. The highest BCUT2D eigenvalue weighted by Crippen LogP contribution is 2.38. The van der Waals surface area contributed by atoms with Gasteiger partial charge in [-0.25, -0.2) is 0 Å². The van der Waals surface area contributed by atoms with Crippen LogP contribution in [0.3, 0.4) is 0 Å². The Morgan fingerprint density at radius 1 is 1.25 bits per heavy atom. The Morgan fingerprint density at radius 2 is 1.95 bits per heavy atom. The molecule has 0 unspecified atom stereocenters. The maximum Gasteiger partial charge on any atom is 0.0766 e. The standard InChI is InChI=1S/C17H23BrN2/c1-6-9-19-17-14(10(2)3)12(5)20-16-11(4)7-8-13(18)15(16)17/h7-8,10H,6,9H2,1-5H3,(H,19,20). The van der Waals surface area contributed by atoms with Crippen LogP contribution in [0.2, 0.25) is 0 Å². The third kappa shape index (κ3) is 2.69. The minimum atomic E-state index is 0.457. The maximum atomic E-state index is 4.86. The average Bonchev–Trinajstić information content (AvgIpc) is 2.39. The van der Waals surface area contributed by atoms with E-state index >= 15 is 0 Å². The lowest BCUT2D eigenvalue weighted by molar-refractivity contribution is 0.844. The van der Waals surface area contributed by atoms with Crippen molar-refractivity contribution in [2.45, 2.75) is 47.0 Å². The Balaban J connectivity index is 2.84. The molecule has 0 aliphatic carbocycles. The van der Waals surface area contributed by atoms with E-state index in [4.69, 9.17) is 4.98 Å². The first kappa shape index (κ1) is 15.3. The van der Waals surface area contributed by atoms with Crippen molar-refractivity contribution in [3.05, 3.63) is 33.4 Å². The van der Waals surface area contributed by atoms with Gasteiger partial charge in [-0.3, -0.25) is 4.98 Å². The number of hydrogen-bond acceptors (Lipinski definition) is 2. The largest absolute Gasteiger partial charge is 0.384 e. The zero-order valence-corrected chi connectivity index (χ0v) is 14.6. The number of nitrogens with zero attached hydrogens (tertiary/aromatic N) is 1. The summed E-state index contributed by atoms with van der Waals surface area (Å²) < 4.78 is 1.12. The van der Waals surface area contributed by atoms with Crippen LogP contribution in [0.15, 0.2) is 16.6 Å². The summed E-state index contributed by atoms with van der Waals surface area (Å²) in [6.07, 6.45) is 1.11. The fourth-order valence-electron chi connectivity index (χ4n) is 2.74. The quantitative estimate of drug-likeness (QED) is 0.791. The molecule has 108 valence electrons. The molecule has 2 aromatic rings. The number of pyridine rings is 1. The van der Waals surface area contributed by atoms with Gasteiger partial charge in [-0.15, -0.1) is 0 Å². The predicted molar refractivity (Wildman–Crippen MR) is 91.8 cm³/mol. The molecule has 0 aliphatic heterocycles. The molecular formula is C17H23BrN2. The molecule has 0 spiro atoms. The van der Waals surface area contributed by atoms with Gasteiger partial charge in [0.1, 0.15) is 0 Å². The normalized spacial score (nSPS) is 11.3. The third-order valence-electron chi connectivity index (χ3n) is 3.65. The summed E-state index contributed by atoms with van der Waals surface area (Å²) in [4.78, 5) is 4.86. The van der Waals surface area contributed by atoms with Crippen molar-refractivity contribution in [3.8, 4) is 0 Å². The Hall–Kier alpha value is -1.09. The van der Waals surface area contributed by atoms with Crippen LogP contribution in [0.25, 0.3) is 10.9 Å². The van der Waals surface area contributed by atoms with E-state index in [2.05, 4.69) is 68.0 Å². The highest BCUT2D eigenvalue weighted by molar-refractivity contribution is 9.10. The molecule has 2 rings (SSSR count). The number of benzene rings is 1. The summed E-state index contributed by atoms with van der Waals surface area (Å²) in [6, 6.07) is 4.24. The molecule has 0 bridgehead atoms. The Morgan fingerprint density at radius 3 is 2.55 bits per heavy atom. The van der Waals surface area contributed by atoms with Crippen LogP contribution in [-0.4, -0.2) is 11.5 Å². The van der Waals surface area contributed by atoms with Gasteiger partial charge in [0.05, 0.1) is 11.2 Å². The highest BCUT2D eigenvalue weighted by Gasteiger charge is 2.17. The monoisotopic (exact) mass is 334 g/mol. The van der Waals surface area contributed by atoms with Gasteiger partial charge in [0.25, 0.3) is 0 Å². The number of rotatable bonds is 4. The number of fused-ring (bicyclic) bond motifs is 1. The second-order valence-electron chi connectivity index (χ2n) is 5.66. The zero-order valence-electron chi connectivity index (χ0n) is 13.0. The van der Waals surface area contributed by atoms with E-state index < -0.39 is 0 Å². The summed E-state index contributed by atoms with van der Waals surface area (Å²) in [7, 11) is 0. The molecule has 1 aromatic heterocycles. The summed E-state index contributed by atoms with van der Waals surface area (Å²) >= 11 is 3.70. The molecule has 0 saturated heterocycles. The van der Waals surface area contributed by atoms with Crippen LogP contribution in [0, 0.1) is 13.8 Å².